The number of sulfone groups is 1. The Labute approximate surface area is 118 Å². The molecule has 2 unspecified atom stereocenters. The van der Waals surface area contributed by atoms with Crippen molar-refractivity contribution in [3.05, 3.63) is 42.2 Å². The van der Waals surface area contributed by atoms with Gasteiger partial charge in [0.15, 0.2) is 9.84 Å². The zero-order valence-electron chi connectivity index (χ0n) is 11.1. The number of aliphatic hydroxyl groups excluding tert-OH is 1. The van der Waals surface area contributed by atoms with Crippen LogP contribution < -0.4 is 0 Å². The van der Waals surface area contributed by atoms with Crippen LogP contribution >= 0.6 is 0 Å². The predicted octanol–water partition coefficient (Wildman–Crippen LogP) is 2.24. The topological polar surface area (TPSA) is 67.3 Å². The molecule has 0 radical (unpaired) electrons. The first kappa shape index (κ1) is 13.5. The third-order valence-electron chi connectivity index (χ3n) is 4.00. The summed E-state index contributed by atoms with van der Waals surface area (Å²) in [6, 6.07) is 7.59. The fourth-order valence-electron chi connectivity index (χ4n) is 2.91. The van der Waals surface area contributed by atoms with E-state index < -0.39 is 21.2 Å². The lowest BCUT2D eigenvalue weighted by atomic mass is 9.99. The van der Waals surface area contributed by atoms with E-state index >= 15 is 0 Å². The maximum atomic E-state index is 12.2. The van der Waals surface area contributed by atoms with Gasteiger partial charge in [0, 0.05) is 23.3 Å². The van der Waals surface area contributed by atoms with E-state index in [9.17, 15) is 13.5 Å². The summed E-state index contributed by atoms with van der Waals surface area (Å²) in [6.07, 6.45) is 4.36. The molecule has 1 aliphatic rings. The molecule has 0 saturated carbocycles. The average Bonchev–Trinajstić information content (AvgIpc) is 2.45. The first-order chi connectivity index (χ1) is 9.59. The highest BCUT2D eigenvalue weighted by Gasteiger charge is 2.36. The fraction of sp³-hybridized carbons (Fsp3) is 0.400. The standard InChI is InChI=1S/C15H17NO3S/c17-15(14-7-3-4-8-20(14,18)19)13-10-16-9-11-5-1-2-6-12(11)13/h1-2,5-6,9-10,14-15,17H,3-4,7-8H2. The van der Waals surface area contributed by atoms with Crippen molar-refractivity contribution in [2.24, 2.45) is 0 Å². The third kappa shape index (κ3) is 2.31. The molecule has 0 spiro atoms. The molecule has 1 aromatic heterocycles. The highest BCUT2D eigenvalue weighted by Crippen LogP contribution is 2.33. The van der Waals surface area contributed by atoms with E-state index in [1.54, 1.807) is 12.4 Å². The summed E-state index contributed by atoms with van der Waals surface area (Å²) in [5.74, 6) is 0.174. The number of aromatic nitrogens is 1. The lowest BCUT2D eigenvalue weighted by molar-refractivity contribution is 0.165. The summed E-state index contributed by atoms with van der Waals surface area (Å²) >= 11 is 0. The van der Waals surface area contributed by atoms with Gasteiger partial charge in [0.05, 0.1) is 17.1 Å². The van der Waals surface area contributed by atoms with Crippen LogP contribution in [-0.2, 0) is 9.84 Å². The molecular weight excluding hydrogens is 274 g/mol. The van der Waals surface area contributed by atoms with Crippen LogP contribution in [0.25, 0.3) is 10.8 Å². The molecule has 3 rings (SSSR count). The van der Waals surface area contributed by atoms with E-state index in [0.29, 0.717) is 18.4 Å². The van der Waals surface area contributed by atoms with Gasteiger partial charge in [0.2, 0.25) is 0 Å². The molecule has 1 saturated heterocycles. The Morgan fingerprint density at radius 2 is 2.00 bits per heavy atom. The number of pyridine rings is 1. The Morgan fingerprint density at radius 1 is 1.20 bits per heavy atom. The molecule has 2 heterocycles. The third-order valence-corrected chi connectivity index (χ3v) is 6.27. The molecule has 0 bridgehead atoms. The monoisotopic (exact) mass is 291 g/mol. The predicted molar refractivity (Wildman–Crippen MR) is 78.1 cm³/mol. The molecule has 20 heavy (non-hydrogen) atoms. The normalized spacial score (nSPS) is 23.6. The van der Waals surface area contributed by atoms with Crippen molar-refractivity contribution < 1.29 is 13.5 Å². The van der Waals surface area contributed by atoms with Crippen LogP contribution in [0.15, 0.2) is 36.7 Å². The van der Waals surface area contributed by atoms with Gasteiger partial charge >= 0.3 is 0 Å². The van der Waals surface area contributed by atoms with Crippen molar-refractivity contribution in [3.8, 4) is 0 Å². The molecule has 1 aliphatic heterocycles. The van der Waals surface area contributed by atoms with E-state index in [1.807, 2.05) is 24.3 Å². The van der Waals surface area contributed by atoms with Crippen LogP contribution in [0.5, 0.6) is 0 Å². The van der Waals surface area contributed by atoms with E-state index in [-0.39, 0.29) is 5.75 Å². The number of fused-ring (bicyclic) bond motifs is 1. The molecule has 1 fully saturated rings. The van der Waals surface area contributed by atoms with Crippen LogP contribution in [0.4, 0.5) is 0 Å². The molecule has 106 valence electrons. The Hall–Kier alpha value is -1.46. The van der Waals surface area contributed by atoms with E-state index in [4.69, 9.17) is 0 Å². The summed E-state index contributed by atoms with van der Waals surface area (Å²) in [5, 5.41) is 11.6. The maximum Gasteiger partial charge on any atom is 0.156 e. The van der Waals surface area contributed by atoms with Crippen LogP contribution in [0.1, 0.15) is 30.9 Å². The molecule has 1 aromatic carbocycles. The molecule has 0 amide bonds. The summed E-state index contributed by atoms with van der Waals surface area (Å²) in [4.78, 5) is 4.12. The number of rotatable bonds is 2. The minimum absolute atomic E-state index is 0.174. The molecular formula is C15H17NO3S. The number of hydrogen-bond donors (Lipinski definition) is 1. The highest BCUT2D eigenvalue weighted by molar-refractivity contribution is 7.92. The first-order valence-electron chi connectivity index (χ1n) is 6.82. The smallest absolute Gasteiger partial charge is 0.156 e. The Bertz CT molecular complexity index is 721. The van der Waals surface area contributed by atoms with Gasteiger partial charge in [-0.05, 0) is 18.2 Å². The average molecular weight is 291 g/mol. The second kappa shape index (κ2) is 5.14. The van der Waals surface area contributed by atoms with Crippen molar-refractivity contribution >= 4 is 20.6 Å². The second-order valence-corrected chi connectivity index (χ2v) is 7.64. The molecule has 1 N–H and O–H groups in total. The van der Waals surface area contributed by atoms with Gasteiger partial charge in [-0.25, -0.2) is 8.42 Å². The van der Waals surface area contributed by atoms with Crippen LogP contribution in [0.2, 0.25) is 0 Å². The van der Waals surface area contributed by atoms with Crippen molar-refractivity contribution in [1.29, 1.82) is 0 Å². The summed E-state index contributed by atoms with van der Waals surface area (Å²) in [5.41, 5.74) is 0.610. The van der Waals surface area contributed by atoms with Crippen molar-refractivity contribution in [2.75, 3.05) is 5.75 Å². The van der Waals surface area contributed by atoms with Crippen LogP contribution in [-0.4, -0.2) is 29.5 Å². The Morgan fingerprint density at radius 3 is 2.80 bits per heavy atom. The minimum atomic E-state index is -3.22. The van der Waals surface area contributed by atoms with E-state index in [0.717, 1.165) is 17.2 Å². The zero-order chi connectivity index (χ0) is 14.2. The van der Waals surface area contributed by atoms with Gasteiger partial charge in [-0.3, -0.25) is 4.98 Å². The van der Waals surface area contributed by atoms with Gasteiger partial charge < -0.3 is 5.11 Å². The van der Waals surface area contributed by atoms with E-state index in [2.05, 4.69) is 4.98 Å². The Balaban J connectivity index is 2.06. The van der Waals surface area contributed by atoms with E-state index in [1.165, 1.54) is 0 Å². The fourth-order valence-corrected chi connectivity index (χ4v) is 4.88. The number of benzene rings is 1. The summed E-state index contributed by atoms with van der Waals surface area (Å²) in [6.45, 7) is 0. The van der Waals surface area contributed by atoms with Crippen molar-refractivity contribution in [1.82, 2.24) is 4.98 Å². The number of nitrogens with zero attached hydrogens (tertiary/aromatic N) is 1. The minimum Gasteiger partial charge on any atom is -0.387 e. The Kier molecular flexibility index (Phi) is 3.48. The zero-order valence-corrected chi connectivity index (χ0v) is 11.9. The van der Waals surface area contributed by atoms with Crippen LogP contribution in [0, 0.1) is 0 Å². The van der Waals surface area contributed by atoms with Gasteiger partial charge in [0.25, 0.3) is 0 Å². The lowest BCUT2D eigenvalue weighted by Crippen LogP contribution is -2.34. The van der Waals surface area contributed by atoms with Crippen molar-refractivity contribution in [3.63, 3.8) is 0 Å². The number of hydrogen-bond acceptors (Lipinski definition) is 4. The SMILES string of the molecule is O=S1(=O)CCCCC1C(O)c1cncc2ccccc12. The quantitative estimate of drug-likeness (QED) is 0.921. The molecule has 0 aliphatic carbocycles. The molecule has 2 atom stereocenters. The number of aliphatic hydroxyl groups is 1. The van der Waals surface area contributed by atoms with Gasteiger partial charge in [-0.2, -0.15) is 0 Å². The maximum absolute atomic E-state index is 12.2. The molecule has 5 heteroatoms. The summed E-state index contributed by atoms with van der Waals surface area (Å²) in [7, 11) is -3.22. The van der Waals surface area contributed by atoms with Gasteiger partial charge in [-0.15, -0.1) is 0 Å². The summed E-state index contributed by atoms with van der Waals surface area (Å²) < 4.78 is 24.3. The lowest BCUT2D eigenvalue weighted by Gasteiger charge is -2.27. The van der Waals surface area contributed by atoms with Crippen LogP contribution in [0.3, 0.4) is 0 Å². The second-order valence-electron chi connectivity index (χ2n) is 5.30. The molecule has 4 nitrogen and oxygen atoms in total. The molecule has 2 aromatic rings. The van der Waals surface area contributed by atoms with Crippen molar-refractivity contribution in [2.45, 2.75) is 30.6 Å². The first-order valence-corrected chi connectivity index (χ1v) is 8.53. The van der Waals surface area contributed by atoms with Gasteiger partial charge in [-0.1, -0.05) is 30.7 Å². The largest absolute Gasteiger partial charge is 0.387 e. The van der Waals surface area contributed by atoms with Gasteiger partial charge in [0.1, 0.15) is 0 Å². The highest BCUT2D eigenvalue weighted by atomic mass is 32.2.